The van der Waals surface area contributed by atoms with Crippen molar-refractivity contribution in [2.24, 2.45) is 5.16 Å². The van der Waals surface area contributed by atoms with Gasteiger partial charge in [-0.15, -0.1) is 11.8 Å². The van der Waals surface area contributed by atoms with E-state index in [1.165, 1.54) is 11.8 Å². The molecule has 4 heteroatoms. The third kappa shape index (κ3) is 0.952. The molecule has 2 N–H and O–H groups in total. The topological polar surface area (TPSA) is 52.8 Å². The number of aliphatic hydroxyl groups is 1. The van der Waals surface area contributed by atoms with Gasteiger partial charge in [-0.3, -0.25) is 0 Å². The Hall–Kier alpha value is -0.220. The van der Waals surface area contributed by atoms with Gasteiger partial charge in [0, 0.05) is 5.75 Å². The molecule has 0 radical (unpaired) electrons. The fraction of sp³-hybridized carbons (Fsp3) is 0.750. The number of oxime groups is 1. The van der Waals surface area contributed by atoms with Crippen LogP contribution in [0, 0.1) is 0 Å². The SMILES string of the molecule is ON=C1SCCC1O. The van der Waals surface area contributed by atoms with Gasteiger partial charge in [-0.2, -0.15) is 0 Å². The smallest absolute Gasteiger partial charge is 0.141 e. The summed E-state index contributed by atoms with van der Waals surface area (Å²) in [5, 5.41) is 20.4. The molecular weight excluding hydrogens is 126 g/mol. The van der Waals surface area contributed by atoms with Crippen molar-refractivity contribution in [1.82, 2.24) is 0 Å². The lowest BCUT2D eigenvalue weighted by Crippen LogP contribution is -2.09. The van der Waals surface area contributed by atoms with E-state index in [4.69, 9.17) is 10.3 Å². The molecule has 1 heterocycles. The molecule has 0 spiro atoms. The van der Waals surface area contributed by atoms with Gasteiger partial charge in [0.15, 0.2) is 0 Å². The number of nitrogens with zero attached hydrogens (tertiary/aromatic N) is 1. The number of aliphatic hydroxyl groups excluding tert-OH is 1. The van der Waals surface area contributed by atoms with Gasteiger partial charge in [-0.05, 0) is 6.42 Å². The fourth-order valence-corrected chi connectivity index (χ4v) is 1.51. The van der Waals surface area contributed by atoms with Crippen LogP contribution in [0.1, 0.15) is 6.42 Å². The van der Waals surface area contributed by atoms with E-state index >= 15 is 0 Å². The molecule has 3 nitrogen and oxygen atoms in total. The zero-order chi connectivity index (χ0) is 5.98. The Kier molecular flexibility index (Phi) is 1.75. The molecule has 8 heavy (non-hydrogen) atoms. The van der Waals surface area contributed by atoms with Crippen LogP contribution in [0.2, 0.25) is 0 Å². The maximum absolute atomic E-state index is 8.88. The number of rotatable bonds is 0. The fourth-order valence-electron chi connectivity index (χ4n) is 0.590. The second-order valence-electron chi connectivity index (χ2n) is 1.59. The molecule has 0 bridgehead atoms. The van der Waals surface area contributed by atoms with Gasteiger partial charge < -0.3 is 10.3 Å². The molecule has 0 saturated carbocycles. The normalized spacial score (nSPS) is 34.1. The van der Waals surface area contributed by atoms with Crippen LogP contribution >= 0.6 is 11.8 Å². The first-order valence-electron chi connectivity index (χ1n) is 2.37. The van der Waals surface area contributed by atoms with Crippen LogP contribution in [-0.4, -0.2) is 27.2 Å². The monoisotopic (exact) mass is 133 g/mol. The number of hydrogen-bond donors (Lipinski definition) is 2. The molecule has 1 atom stereocenters. The summed E-state index contributed by atoms with van der Waals surface area (Å²) in [5.74, 6) is 0.862. The van der Waals surface area contributed by atoms with E-state index in [1.54, 1.807) is 0 Å². The molecule has 0 amide bonds. The van der Waals surface area contributed by atoms with Crippen molar-refractivity contribution in [2.75, 3.05) is 5.75 Å². The molecule has 1 aliphatic rings. The Bertz CT molecular complexity index is 115. The zero-order valence-corrected chi connectivity index (χ0v) is 5.06. The average molecular weight is 133 g/mol. The lowest BCUT2D eigenvalue weighted by atomic mass is 10.3. The molecule has 1 aliphatic heterocycles. The Morgan fingerprint density at radius 3 is 2.75 bits per heavy atom. The molecule has 1 fully saturated rings. The maximum Gasteiger partial charge on any atom is 0.141 e. The van der Waals surface area contributed by atoms with Crippen molar-refractivity contribution >= 4 is 16.8 Å². The predicted molar refractivity (Wildman–Crippen MR) is 32.3 cm³/mol. The van der Waals surface area contributed by atoms with Gasteiger partial charge in [0.05, 0.1) is 0 Å². The standard InChI is InChI=1S/C4H7NO2S/c6-3-1-2-8-4(3)5-7/h3,6-7H,1-2H2. The third-order valence-electron chi connectivity index (χ3n) is 1.02. The molecule has 1 saturated heterocycles. The van der Waals surface area contributed by atoms with Crippen molar-refractivity contribution < 1.29 is 10.3 Å². The van der Waals surface area contributed by atoms with Crippen LogP contribution in [-0.2, 0) is 0 Å². The average Bonchev–Trinajstić information content (AvgIpc) is 2.14. The van der Waals surface area contributed by atoms with Crippen LogP contribution in [0.3, 0.4) is 0 Å². The molecule has 1 rings (SSSR count). The number of hydrogen-bond acceptors (Lipinski definition) is 4. The first-order valence-corrected chi connectivity index (χ1v) is 3.36. The minimum atomic E-state index is -0.509. The van der Waals surface area contributed by atoms with Gasteiger partial charge in [-0.1, -0.05) is 5.16 Å². The first kappa shape index (κ1) is 5.91. The molecule has 1 unspecified atom stereocenters. The molecule has 46 valence electrons. The highest BCUT2D eigenvalue weighted by atomic mass is 32.2. The van der Waals surface area contributed by atoms with E-state index < -0.39 is 6.10 Å². The van der Waals surface area contributed by atoms with Gasteiger partial charge in [0.25, 0.3) is 0 Å². The Balaban J connectivity index is 2.55. The second-order valence-corrected chi connectivity index (χ2v) is 2.71. The van der Waals surface area contributed by atoms with Gasteiger partial charge in [0.1, 0.15) is 11.1 Å². The van der Waals surface area contributed by atoms with Crippen LogP contribution in [0.5, 0.6) is 0 Å². The minimum absolute atomic E-state index is 0.449. The van der Waals surface area contributed by atoms with Crippen molar-refractivity contribution in [1.29, 1.82) is 0 Å². The summed E-state index contributed by atoms with van der Waals surface area (Å²) in [4.78, 5) is 0. The highest BCUT2D eigenvalue weighted by Gasteiger charge is 2.20. The molecule has 0 aromatic carbocycles. The van der Waals surface area contributed by atoms with Crippen LogP contribution in [0.25, 0.3) is 0 Å². The lowest BCUT2D eigenvalue weighted by molar-refractivity contribution is 0.235. The van der Waals surface area contributed by atoms with Crippen molar-refractivity contribution in [2.45, 2.75) is 12.5 Å². The van der Waals surface area contributed by atoms with E-state index in [-0.39, 0.29) is 0 Å². The minimum Gasteiger partial charge on any atom is -0.410 e. The summed E-state index contributed by atoms with van der Waals surface area (Å²) in [6.45, 7) is 0. The Morgan fingerprint density at radius 1 is 1.75 bits per heavy atom. The Morgan fingerprint density at radius 2 is 2.50 bits per heavy atom. The molecule has 0 aliphatic carbocycles. The summed E-state index contributed by atoms with van der Waals surface area (Å²) in [5.41, 5.74) is 0. The third-order valence-corrected chi connectivity index (χ3v) is 2.11. The van der Waals surface area contributed by atoms with E-state index in [1.807, 2.05) is 0 Å². The van der Waals surface area contributed by atoms with Crippen molar-refractivity contribution in [3.63, 3.8) is 0 Å². The van der Waals surface area contributed by atoms with Crippen LogP contribution in [0.4, 0.5) is 0 Å². The summed E-state index contributed by atoms with van der Waals surface area (Å²) >= 11 is 1.40. The van der Waals surface area contributed by atoms with Crippen LogP contribution in [0.15, 0.2) is 5.16 Å². The zero-order valence-electron chi connectivity index (χ0n) is 4.24. The lowest BCUT2D eigenvalue weighted by Gasteiger charge is -1.94. The first-order chi connectivity index (χ1) is 3.84. The highest BCUT2D eigenvalue weighted by molar-refractivity contribution is 8.14. The van der Waals surface area contributed by atoms with E-state index in [0.717, 1.165) is 5.75 Å². The molecule has 0 aromatic heterocycles. The summed E-state index contributed by atoms with van der Waals surface area (Å²) in [6, 6.07) is 0. The Labute approximate surface area is 51.4 Å². The summed E-state index contributed by atoms with van der Waals surface area (Å²) in [6.07, 6.45) is 0.203. The predicted octanol–water partition coefficient (Wildman–Crippen LogP) is 0.272. The largest absolute Gasteiger partial charge is 0.410 e. The van der Waals surface area contributed by atoms with Crippen molar-refractivity contribution in [3.8, 4) is 0 Å². The summed E-state index contributed by atoms with van der Waals surface area (Å²) in [7, 11) is 0. The van der Waals surface area contributed by atoms with Crippen molar-refractivity contribution in [3.05, 3.63) is 0 Å². The van der Waals surface area contributed by atoms with E-state index in [9.17, 15) is 0 Å². The summed E-state index contributed by atoms with van der Waals surface area (Å²) < 4.78 is 0. The van der Waals surface area contributed by atoms with E-state index in [2.05, 4.69) is 5.16 Å². The van der Waals surface area contributed by atoms with Gasteiger partial charge in [0.2, 0.25) is 0 Å². The highest BCUT2D eigenvalue weighted by Crippen LogP contribution is 2.20. The maximum atomic E-state index is 8.88. The van der Waals surface area contributed by atoms with Gasteiger partial charge >= 0.3 is 0 Å². The quantitative estimate of drug-likeness (QED) is 0.368. The molecule has 0 aromatic rings. The van der Waals surface area contributed by atoms with E-state index in [0.29, 0.717) is 11.5 Å². The van der Waals surface area contributed by atoms with Gasteiger partial charge in [-0.25, -0.2) is 0 Å². The van der Waals surface area contributed by atoms with Crippen LogP contribution < -0.4 is 0 Å². The second kappa shape index (κ2) is 2.37. The number of thioether (sulfide) groups is 1. The molecular formula is C4H7NO2S.